The highest BCUT2D eigenvalue weighted by molar-refractivity contribution is 6.08. The molecular formula is C72H57N7. The standard InChI is InChI=1S/C72H57N7/c1-5-61-48(3)58-16-7-10-19-63(58)76(61)54-33-25-50(26-34-54)44-72(45-51-27-35-55(36-28-51)77-62(6-2)49(4)69-66(77)22-13-41-73-69,46-52-29-37-56(38-30-52)78-64-20-11-8-17-59(64)70-67(78)23-14-42-74-70)47-53-31-39-57(40-32-53)79-65-21-12-9-18-60(65)71-68(79)24-15-43-75-71/h5-43H,1-2,44-47H2,3-4H3. The molecule has 380 valence electrons. The lowest BCUT2D eigenvalue weighted by atomic mass is 9.68. The Morgan fingerprint density at radius 1 is 0.329 bits per heavy atom. The van der Waals surface area contributed by atoms with Gasteiger partial charge in [-0.25, -0.2) is 0 Å². The predicted octanol–water partition coefficient (Wildman–Crippen LogP) is 17.1. The van der Waals surface area contributed by atoms with Gasteiger partial charge >= 0.3 is 0 Å². The van der Waals surface area contributed by atoms with E-state index in [2.05, 4.69) is 233 Å². The van der Waals surface area contributed by atoms with Crippen LogP contribution in [0, 0.1) is 19.3 Å². The molecule has 7 nitrogen and oxygen atoms in total. The molecule has 0 fully saturated rings. The molecule has 7 aromatic carbocycles. The van der Waals surface area contributed by atoms with E-state index in [0.29, 0.717) is 0 Å². The van der Waals surface area contributed by atoms with E-state index in [1.807, 2.05) is 48.9 Å². The number of aryl methyl sites for hydroxylation is 2. The first-order valence-corrected chi connectivity index (χ1v) is 27.2. The second kappa shape index (κ2) is 19.3. The van der Waals surface area contributed by atoms with Crippen molar-refractivity contribution in [2.24, 2.45) is 5.41 Å². The quantitative estimate of drug-likeness (QED) is 0.109. The Bertz CT molecular complexity index is 4240. The van der Waals surface area contributed by atoms with Crippen LogP contribution >= 0.6 is 0 Å². The average molecular weight is 1020 g/mol. The van der Waals surface area contributed by atoms with Crippen LogP contribution in [0.15, 0.2) is 238 Å². The van der Waals surface area contributed by atoms with Gasteiger partial charge < -0.3 is 18.3 Å². The fraction of sp³-hybridized carbons (Fsp3) is 0.0972. The van der Waals surface area contributed by atoms with Gasteiger partial charge in [0.1, 0.15) is 0 Å². The SMILES string of the molecule is C=Cc1c(C)c2ccccc2n1-c1ccc(CC(Cc2ccc(-n3c(C=C)c(C)c4ncccc43)cc2)(Cc2ccc(-n3c4ccccc4c4ncccc43)cc2)Cc2ccc(-n3c4ccccc4c4ncccc43)cc2)cc1. The van der Waals surface area contributed by atoms with E-state index in [4.69, 9.17) is 15.0 Å². The minimum atomic E-state index is -0.282. The minimum Gasteiger partial charge on any atom is -0.310 e. The van der Waals surface area contributed by atoms with E-state index in [0.717, 1.165) is 120 Å². The van der Waals surface area contributed by atoms with Crippen LogP contribution in [0.3, 0.4) is 0 Å². The molecule has 0 spiro atoms. The van der Waals surface area contributed by atoms with Crippen molar-refractivity contribution >= 4 is 78.0 Å². The van der Waals surface area contributed by atoms with Crippen LogP contribution in [-0.4, -0.2) is 33.2 Å². The van der Waals surface area contributed by atoms with E-state index in [1.54, 1.807) is 0 Å². The Labute approximate surface area is 459 Å². The third kappa shape index (κ3) is 8.08. The normalized spacial score (nSPS) is 12.0. The van der Waals surface area contributed by atoms with Gasteiger partial charge in [0.25, 0.3) is 0 Å². The first kappa shape index (κ1) is 47.6. The van der Waals surface area contributed by atoms with Crippen molar-refractivity contribution in [2.75, 3.05) is 0 Å². The Morgan fingerprint density at radius 2 is 0.633 bits per heavy atom. The van der Waals surface area contributed by atoms with Crippen molar-refractivity contribution < 1.29 is 0 Å². The Hall–Kier alpha value is -9.85. The highest BCUT2D eigenvalue weighted by Gasteiger charge is 2.33. The zero-order valence-corrected chi connectivity index (χ0v) is 44.4. The number of hydrogen-bond donors (Lipinski definition) is 0. The molecule has 0 aliphatic rings. The van der Waals surface area contributed by atoms with Crippen LogP contribution in [0.5, 0.6) is 0 Å². The first-order chi connectivity index (χ1) is 38.9. The van der Waals surface area contributed by atoms with Gasteiger partial charge in [-0.1, -0.05) is 116 Å². The van der Waals surface area contributed by atoms with Crippen LogP contribution in [0.4, 0.5) is 0 Å². The monoisotopic (exact) mass is 1020 g/mol. The van der Waals surface area contributed by atoms with Gasteiger partial charge in [-0.3, -0.25) is 15.0 Å². The van der Waals surface area contributed by atoms with Crippen LogP contribution in [0.25, 0.3) is 101 Å². The number of para-hydroxylation sites is 3. The maximum absolute atomic E-state index is 4.84. The van der Waals surface area contributed by atoms with Crippen molar-refractivity contribution in [1.29, 1.82) is 0 Å². The molecule has 14 aromatic rings. The number of hydrogen-bond acceptors (Lipinski definition) is 3. The van der Waals surface area contributed by atoms with Gasteiger partial charge in [0.05, 0.1) is 55.3 Å². The zero-order valence-electron chi connectivity index (χ0n) is 44.4. The topological polar surface area (TPSA) is 58.4 Å². The Kier molecular flexibility index (Phi) is 11.6. The number of pyridine rings is 3. The number of fused-ring (bicyclic) bond motifs is 8. The molecule has 0 atom stereocenters. The summed E-state index contributed by atoms with van der Waals surface area (Å²) in [5.41, 5.74) is 23.6. The molecule has 0 amide bonds. The third-order valence-electron chi connectivity index (χ3n) is 16.5. The molecule has 0 bridgehead atoms. The fourth-order valence-corrected chi connectivity index (χ4v) is 13.0. The molecule has 0 unspecified atom stereocenters. The zero-order chi connectivity index (χ0) is 53.2. The smallest absolute Gasteiger partial charge is 0.0963 e. The van der Waals surface area contributed by atoms with Crippen molar-refractivity contribution in [1.82, 2.24) is 33.2 Å². The second-order valence-corrected chi connectivity index (χ2v) is 21.3. The molecule has 7 heteroatoms. The van der Waals surface area contributed by atoms with E-state index < -0.39 is 0 Å². The molecule has 0 N–H and O–H groups in total. The maximum Gasteiger partial charge on any atom is 0.0963 e. The summed E-state index contributed by atoms with van der Waals surface area (Å²) < 4.78 is 9.34. The number of nitrogens with zero attached hydrogens (tertiary/aromatic N) is 7. The van der Waals surface area contributed by atoms with Gasteiger partial charge in [0, 0.05) is 68.8 Å². The van der Waals surface area contributed by atoms with Gasteiger partial charge in [0.15, 0.2) is 0 Å². The lowest BCUT2D eigenvalue weighted by Gasteiger charge is -2.36. The van der Waals surface area contributed by atoms with E-state index in [1.165, 1.54) is 38.7 Å². The van der Waals surface area contributed by atoms with E-state index in [9.17, 15) is 0 Å². The molecule has 0 saturated heterocycles. The number of benzene rings is 7. The minimum absolute atomic E-state index is 0.282. The lowest BCUT2D eigenvalue weighted by molar-refractivity contribution is 0.275. The summed E-state index contributed by atoms with van der Waals surface area (Å²) >= 11 is 0. The summed E-state index contributed by atoms with van der Waals surface area (Å²) in [7, 11) is 0. The molecule has 7 heterocycles. The summed E-state index contributed by atoms with van der Waals surface area (Å²) in [6.45, 7) is 12.8. The molecule has 14 rings (SSSR count). The molecule has 7 aromatic heterocycles. The average Bonchev–Trinajstić information content (AvgIpc) is 4.43. The fourth-order valence-electron chi connectivity index (χ4n) is 13.0. The largest absolute Gasteiger partial charge is 0.310 e. The second-order valence-electron chi connectivity index (χ2n) is 21.3. The summed E-state index contributed by atoms with van der Waals surface area (Å²) in [6, 6.07) is 75.6. The first-order valence-electron chi connectivity index (χ1n) is 27.2. The van der Waals surface area contributed by atoms with Crippen LogP contribution < -0.4 is 0 Å². The Morgan fingerprint density at radius 3 is 1.04 bits per heavy atom. The summed E-state index contributed by atoms with van der Waals surface area (Å²) in [5.74, 6) is 0. The van der Waals surface area contributed by atoms with Crippen molar-refractivity contribution in [3.63, 3.8) is 0 Å². The molecule has 79 heavy (non-hydrogen) atoms. The third-order valence-corrected chi connectivity index (χ3v) is 16.5. The van der Waals surface area contributed by atoms with Crippen molar-refractivity contribution in [3.05, 3.63) is 283 Å². The number of rotatable bonds is 14. The van der Waals surface area contributed by atoms with Crippen molar-refractivity contribution in [2.45, 2.75) is 39.5 Å². The van der Waals surface area contributed by atoms with E-state index >= 15 is 0 Å². The van der Waals surface area contributed by atoms with Crippen LogP contribution in [0.2, 0.25) is 0 Å². The van der Waals surface area contributed by atoms with Gasteiger partial charge in [-0.2, -0.15) is 0 Å². The number of aromatic nitrogens is 7. The van der Waals surface area contributed by atoms with Gasteiger partial charge in [-0.15, -0.1) is 0 Å². The highest BCUT2D eigenvalue weighted by atomic mass is 15.0. The Balaban J connectivity index is 0.901. The summed E-state index contributed by atoms with van der Waals surface area (Å²) in [6.07, 6.45) is 12.9. The summed E-state index contributed by atoms with van der Waals surface area (Å²) in [5, 5.41) is 3.54. The highest BCUT2D eigenvalue weighted by Crippen LogP contribution is 2.40. The molecular weight excluding hydrogens is 963 g/mol. The van der Waals surface area contributed by atoms with Crippen molar-refractivity contribution in [3.8, 4) is 22.7 Å². The molecule has 0 aliphatic heterocycles. The molecule has 0 saturated carbocycles. The molecule has 0 aliphatic carbocycles. The predicted molar refractivity (Wildman–Crippen MR) is 328 cm³/mol. The summed E-state index contributed by atoms with van der Waals surface area (Å²) in [4.78, 5) is 14.5. The van der Waals surface area contributed by atoms with E-state index in [-0.39, 0.29) is 5.41 Å². The molecule has 0 radical (unpaired) electrons. The van der Waals surface area contributed by atoms with Gasteiger partial charge in [0.2, 0.25) is 0 Å². The maximum atomic E-state index is 4.84. The van der Waals surface area contributed by atoms with Crippen LogP contribution in [-0.2, 0) is 25.7 Å². The van der Waals surface area contributed by atoms with Crippen LogP contribution in [0.1, 0.15) is 44.8 Å². The lowest BCUT2D eigenvalue weighted by Crippen LogP contribution is -2.32. The van der Waals surface area contributed by atoms with Gasteiger partial charge in [-0.05, 0) is 188 Å².